The van der Waals surface area contributed by atoms with Crippen molar-refractivity contribution < 1.29 is 0 Å². The molecule has 7 rings (SSSR count). The largest absolute Gasteiger partial charge is 0.309 e. The van der Waals surface area contributed by atoms with Gasteiger partial charge in [0.1, 0.15) is 0 Å². The van der Waals surface area contributed by atoms with Gasteiger partial charge in [-0.25, -0.2) is 0 Å². The Morgan fingerprint density at radius 1 is 0.634 bits per heavy atom. The van der Waals surface area contributed by atoms with E-state index in [1.807, 2.05) is 36.4 Å². The predicted octanol–water partition coefficient (Wildman–Crippen LogP) is 8.03. The van der Waals surface area contributed by atoms with E-state index >= 15 is 0 Å². The Balaban J connectivity index is 1.48. The standard InChI is InChI=1S/C38H27N3/c1-3-10-35-31(4-2)34-23-27(18-22-37(34)40(35)29-11-6-5-7-12-29)28-17-21-33-32-13-8-9-14-36(32)41(38(33)24-28)30-19-15-26(25-39)16-20-30/h3-24H,1H2,2H3/b31-4-,35-10+. The monoisotopic (exact) mass is 525 g/mol. The van der Waals surface area contributed by atoms with E-state index in [4.69, 9.17) is 0 Å². The Bertz CT molecular complexity index is 2270. The Labute approximate surface area is 238 Å². The molecular formula is C38H27N3. The Kier molecular flexibility index (Phi) is 5.88. The first-order chi connectivity index (χ1) is 20.2. The lowest BCUT2D eigenvalue weighted by Gasteiger charge is -2.10. The molecule has 7 aromatic rings. The average molecular weight is 526 g/mol. The molecule has 2 aromatic heterocycles. The summed E-state index contributed by atoms with van der Waals surface area (Å²) in [5, 5.41) is 15.3. The Morgan fingerprint density at radius 3 is 2.05 bits per heavy atom. The quantitative estimate of drug-likeness (QED) is 0.229. The number of allylic oxidation sites excluding steroid dienone is 1. The van der Waals surface area contributed by atoms with E-state index in [1.165, 1.54) is 21.4 Å². The van der Waals surface area contributed by atoms with Gasteiger partial charge in [-0.3, -0.25) is 0 Å². The molecule has 0 radical (unpaired) electrons. The molecule has 0 N–H and O–H groups in total. The maximum absolute atomic E-state index is 9.32. The van der Waals surface area contributed by atoms with Crippen LogP contribution in [0.25, 0.3) is 67.4 Å². The SMILES string of the molecule is C=C/C=c1\c(=C/C)c2cc(-c3ccc4c5ccccc5n(-c5ccc(C#N)cc5)c4c3)ccc2n1-c1ccccc1. The summed E-state index contributed by atoms with van der Waals surface area (Å²) in [5.41, 5.74) is 8.58. The van der Waals surface area contributed by atoms with Crippen LogP contribution in [0, 0.1) is 11.3 Å². The summed E-state index contributed by atoms with van der Waals surface area (Å²) in [4.78, 5) is 0. The van der Waals surface area contributed by atoms with Crippen LogP contribution in [0.15, 0.2) is 128 Å². The molecule has 0 saturated heterocycles. The summed E-state index contributed by atoms with van der Waals surface area (Å²) < 4.78 is 4.60. The fraction of sp³-hybridized carbons (Fsp3) is 0.0263. The summed E-state index contributed by atoms with van der Waals surface area (Å²) in [6.07, 6.45) is 6.13. The lowest BCUT2D eigenvalue weighted by molar-refractivity contribution is 1.07. The highest BCUT2D eigenvalue weighted by Crippen LogP contribution is 2.35. The van der Waals surface area contributed by atoms with Gasteiger partial charge in [0, 0.05) is 32.8 Å². The van der Waals surface area contributed by atoms with Crippen molar-refractivity contribution in [2.45, 2.75) is 6.92 Å². The van der Waals surface area contributed by atoms with E-state index in [0.29, 0.717) is 5.56 Å². The number of benzene rings is 5. The molecule has 0 atom stereocenters. The number of nitriles is 1. The maximum Gasteiger partial charge on any atom is 0.0991 e. The van der Waals surface area contributed by atoms with Crippen molar-refractivity contribution in [3.8, 4) is 28.6 Å². The topological polar surface area (TPSA) is 33.6 Å². The zero-order valence-electron chi connectivity index (χ0n) is 22.8. The van der Waals surface area contributed by atoms with Crippen LogP contribution in [-0.4, -0.2) is 9.13 Å². The van der Waals surface area contributed by atoms with Gasteiger partial charge in [-0.15, -0.1) is 0 Å². The second kappa shape index (κ2) is 9.86. The highest BCUT2D eigenvalue weighted by molar-refractivity contribution is 6.10. The van der Waals surface area contributed by atoms with Gasteiger partial charge in [-0.1, -0.05) is 73.3 Å². The average Bonchev–Trinajstić information content (AvgIpc) is 3.53. The minimum Gasteiger partial charge on any atom is -0.309 e. The van der Waals surface area contributed by atoms with E-state index in [2.05, 4.69) is 126 Å². The second-order valence-corrected chi connectivity index (χ2v) is 10.1. The van der Waals surface area contributed by atoms with Crippen molar-refractivity contribution in [1.82, 2.24) is 9.13 Å². The summed E-state index contributed by atoms with van der Waals surface area (Å²) >= 11 is 0. The Hall–Kier alpha value is -5.59. The van der Waals surface area contributed by atoms with E-state index in [9.17, 15) is 5.26 Å². The lowest BCUT2D eigenvalue weighted by Crippen LogP contribution is -2.27. The van der Waals surface area contributed by atoms with Gasteiger partial charge in [0.15, 0.2) is 0 Å². The molecule has 41 heavy (non-hydrogen) atoms. The first-order valence-electron chi connectivity index (χ1n) is 13.7. The minimum absolute atomic E-state index is 0.655. The number of para-hydroxylation sites is 2. The van der Waals surface area contributed by atoms with E-state index in [1.54, 1.807) is 0 Å². The van der Waals surface area contributed by atoms with Gasteiger partial charge in [-0.2, -0.15) is 5.26 Å². The maximum atomic E-state index is 9.32. The predicted molar refractivity (Wildman–Crippen MR) is 172 cm³/mol. The highest BCUT2D eigenvalue weighted by Gasteiger charge is 2.15. The van der Waals surface area contributed by atoms with Crippen LogP contribution < -0.4 is 10.6 Å². The first-order valence-corrected chi connectivity index (χ1v) is 13.7. The molecule has 3 nitrogen and oxygen atoms in total. The summed E-state index contributed by atoms with van der Waals surface area (Å²) in [6.45, 7) is 6.09. The van der Waals surface area contributed by atoms with Gasteiger partial charge in [0.2, 0.25) is 0 Å². The molecular weight excluding hydrogens is 498 g/mol. The van der Waals surface area contributed by atoms with E-state index in [0.717, 1.165) is 44.4 Å². The zero-order chi connectivity index (χ0) is 27.9. The number of nitrogens with zero attached hydrogens (tertiary/aromatic N) is 3. The van der Waals surface area contributed by atoms with Crippen LogP contribution in [-0.2, 0) is 0 Å². The molecule has 0 aliphatic carbocycles. The number of aromatic nitrogens is 2. The van der Waals surface area contributed by atoms with Crippen LogP contribution >= 0.6 is 0 Å². The van der Waals surface area contributed by atoms with Gasteiger partial charge < -0.3 is 9.13 Å². The number of hydrogen-bond donors (Lipinski definition) is 0. The van der Waals surface area contributed by atoms with Crippen LogP contribution in [0.3, 0.4) is 0 Å². The van der Waals surface area contributed by atoms with Crippen molar-refractivity contribution in [3.05, 3.63) is 144 Å². The summed E-state index contributed by atoms with van der Waals surface area (Å²) in [7, 11) is 0. The molecule has 5 aromatic carbocycles. The molecule has 0 aliphatic heterocycles. The molecule has 3 heteroatoms. The molecule has 0 aliphatic rings. The van der Waals surface area contributed by atoms with Crippen LogP contribution in [0.5, 0.6) is 0 Å². The summed E-state index contributed by atoms with van der Waals surface area (Å²) in [6, 6.07) is 42.5. The minimum atomic E-state index is 0.655. The molecule has 194 valence electrons. The molecule has 0 unspecified atom stereocenters. The third kappa shape index (κ3) is 3.89. The fourth-order valence-corrected chi connectivity index (χ4v) is 6.06. The molecule has 0 spiro atoms. The van der Waals surface area contributed by atoms with E-state index in [-0.39, 0.29) is 0 Å². The van der Waals surface area contributed by atoms with Crippen molar-refractivity contribution in [2.75, 3.05) is 0 Å². The van der Waals surface area contributed by atoms with Gasteiger partial charge in [0.05, 0.1) is 33.5 Å². The molecule has 0 amide bonds. The fourth-order valence-electron chi connectivity index (χ4n) is 6.06. The first kappa shape index (κ1) is 24.5. The number of rotatable bonds is 4. The van der Waals surface area contributed by atoms with Crippen LogP contribution in [0.4, 0.5) is 0 Å². The van der Waals surface area contributed by atoms with Crippen molar-refractivity contribution in [1.29, 1.82) is 5.26 Å². The van der Waals surface area contributed by atoms with Gasteiger partial charge in [-0.05, 0) is 84.8 Å². The molecule has 2 heterocycles. The normalized spacial score (nSPS) is 12.4. The van der Waals surface area contributed by atoms with E-state index < -0.39 is 0 Å². The second-order valence-electron chi connectivity index (χ2n) is 10.1. The van der Waals surface area contributed by atoms with Crippen LogP contribution in [0.2, 0.25) is 0 Å². The van der Waals surface area contributed by atoms with Gasteiger partial charge in [0.25, 0.3) is 0 Å². The third-order valence-electron chi connectivity index (χ3n) is 7.88. The van der Waals surface area contributed by atoms with Crippen molar-refractivity contribution >= 4 is 44.9 Å². The molecule has 0 bridgehead atoms. The van der Waals surface area contributed by atoms with Gasteiger partial charge >= 0.3 is 0 Å². The highest BCUT2D eigenvalue weighted by atomic mass is 15.0. The number of hydrogen-bond acceptors (Lipinski definition) is 1. The zero-order valence-corrected chi connectivity index (χ0v) is 22.8. The number of fused-ring (bicyclic) bond motifs is 4. The molecule has 0 fully saturated rings. The van der Waals surface area contributed by atoms with Crippen molar-refractivity contribution in [2.24, 2.45) is 0 Å². The third-order valence-corrected chi connectivity index (χ3v) is 7.88. The lowest BCUT2D eigenvalue weighted by atomic mass is 10.0. The van der Waals surface area contributed by atoms with Crippen LogP contribution in [0.1, 0.15) is 12.5 Å². The smallest absolute Gasteiger partial charge is 0.0991 e. The Morgan fingerprint density at radius 2 is 1.29 bits per heavy atom. The summed E-state index contributed by atoms with van der Waals surface area (Å²) in [5.74, 6) is 0. The van der Waals surface area contributed by atoms with Crippen molar-refractivity contribution in [3.63, 3.8) is 0 Å². The molecule has 0 saturated carbocycles.